The Kier molecular flexibility index (Phi) is 9.37. The van der Waals surface area contributed by atoms with Gasteiger partial charge in [0.2, 0.25) is 0 Å². The van der Waals surface area contributed by atoms with E-state index in [1.54, 1.807) is 0 Å². The molecule has 3 nitrogen and oxygen atoms in total. The smallest absolute Gasteiger partial charge is 0.133 e. The largest absolute Gasteiger partial charge is 0.320 e. The van der Waals surface area contributed by atoms with Crippen molar-refractivity contribution in [3.63, 3.8) is 0 Å². The highest BCUT2D eigenvalue weighted by atomic mass is 16.1. The first-order chi connectivity index (χ1) is 6.35. The van der Waals surface area contributed by atoms with E-state index in [1.165, 1.54) is 12.8 Å². The lowest BCUT2D eigenvalue weighted by molar-refractivity contribution is -0.108. The molecular weight excluding hydrogens is 164 g/mol. The number of hydrogen-bond donors (Lipinski definition) is 1. The van der Waals surface area contributed by atoms with Crippen LogP contribution in [0.3, 0.4) is 0 Å². The van der Waals surface area contributed by atoms with Crippen molar-refractivity contribution in [3.05, 3.63) is 0 Å². The van der Waals surface area contributed by atoms with Gasteiger partial charge in [-0.05, 0) is 39.5 Å². The minimum Gasteiger partial charge on any atom is -0.320 e. The zero-order valence-electron chi connectivity index (χ0n) is 8.88. The van der Waals surface area contributed by atoms with Gasteiger partial charge in [-0.1, -0.05) is 13.3 Å². The number of nitrogens with one attached hydrogen (secondary N) is 1. The summed E-state index contributed by atoms with van der Waals surface area (Å²) in [5, 5.41) is 3.11. The SMILES string of the molecule is CCCCN(CC=O)CCCNC. The van der Waals surface area contributed by atoms with E-state index in [0.29, 0.717) is 6.54 Å². The highest BCUT2D eigenvalue weighted by molar-refractivity contribution is 5.51. The van der Waals surface area contributed by atoms with Crippen molar-refractivity contribution >= 4 is 6.29 Å². The molecule has 0 radical (unpaired) electrons. The lowest BCUT2D eigenvalue weighted by Gasteiger charge is -2.18. The first-order valence-corrected chi connectivity index (χ1v) is 5.15. The molecular formula is C10H22N2O. The standard InChI is InChI=1S/C10H22N2O/c1-3-4-7-12(9-10-13)8-5-6-11-2/h10-11H,3-9H2,1-2H3. The molecule has 0 spiro atoms. The molecule has 0 aliphatic rings. The number of nitrogens with zero attached hydrogens (tertiary/aromatic N) is 1. The van der Waals surface area contributed by atoms with Crippen molar-refractivity contribution in [1.82, 2.24) is 10.2 Å². The predicted octanol–water partition coefficient (Wildman–Crippen LogP) is 0.897. The van der Waals surface area contributed by atoms with Crippen LogP contribution < -0.4 is 5.32 Å². The van der Waals surface area contributed by atoms with E-state index in [1.807, 2.05) is 7.05 Å². The molecule has 0 aromatic rings. The Hall–Kier alpha value is -0.410. The molecule has 0 heterocycles. The number of carbonyl (C=O) groups excluding carboxylic acids is 1. The average Bonchev–Trinajstić information content (AvgIpc) is 2.14. The molecule has 0 aromatic carbocycles. The van der Waals surface area contributed by atoms with Crippen LogP contribution in [0.5, 0.6) is 0 Å². The van der Waals surface area contributed by atoms with E-state index in [-0.39, 0.29) is 0 Å². The molecule has 0 aliphatic heterocycles. The average molecular weight is 186 g/mol. The molecule has 78 valence electrons. The summed E-state index contributed by atoms with van der Waals surface area (Å²) in [6.45, 7) is 5.87. The van der Waals surface area contributed by atoms with Crippen molar-refractivity contribution in [2.45, 2.75) is 26.2 Å². The first kappa shape index (κ1) is 12.6. The van der Waals surface area contributed by atoms with Gasteiger partial charge in [0.05, 0.1) is 6.54 Å². The third-order valence-electron chi connectivity index (χ3n) is 2.06. The maximum Gasteiger partial charge on any atom is 0.133 e. The van der Waals surface area contributed by atoms with Crippen LogP contribution in [0.1, 0.15) is 26.2 Å². The fourth-order valence-corrected chi connectivity index (χ4v) is 1.26. The van der Waals surface area contributed by atoms with Crippen molar-refractivity contribution < 1.29 is 4.79 Å². The summed E-state index contributed by atoms with van der Waals surface area (Å²) in [5.74, 6) is 0. The molecule has 0 rings (SSSR count). The summed E-state index contributed by atoms with van der Waals surface area (Å²) in [6.07, 6.45) is 4.50. The van der Waals surface area contributed by atoms with Crippen LogP contribution in [0, 0.1) is 0 Å². The molecule has 0 atom stereocenters. The van der Waals surface area contributed by atoms with Crippen LogP contribution in [0.25, 0.3) is 0 Å². The third kappa shape index (κ3) is 7.94. The summed E-state index contributed by atoms with van der Waals surface area (Å²) < 4.78 is 0. The summed E-state index contributed by atoms with van der Waals surface area (Å²) in [4.78, 5) is 12.6. The van der Waals surface area contributed by atoms with Gasteiger partial charge in [0.25, 0.3) is 0 Å². The normalized spacial score (nSPS) is 10.7. The summed E-state index contributed by atoms with van der Waals surface area (Å²) in [6, 6.07) is 0. The molecule has 0 amide bonds. The molecule has 1 N–H and O–H groups in total. The Morgan fingerprint density at radius 3 is 2.54 bits per heavy atom. The quantitative estimate of drug-likeness (QED) is 0.429. The minimum atomic E-state index is 0.587. The molecule has 3 heteroatoms. The van der Waals surface area contributed by atoms with Gasteiger partial charge in [0.1, 0.15) is 6.29 Å². The zero-order chi connectivity index (χ0) is 9.94. The maximum absolute atomic E-state index is 10.4. The summed E-state index contributed by atoms with van der Waals surface area (Å²) in [7, 11) is 1.95. The second-order valence-corrected chi connectivity index (χ2v) is 3.28. The fraction of sp³-hybridized carbons (Fsp3) is 0.900. The van der Waals surface area contributed by atoms with Crippen LogP contribution >= 0.6 is 0 Å². The Balaban J connectivity index is 3.47. The van der Waals surface area contributed by atoms with Gasteiger partial charge in [0.15, 0.2) is 0 Å². The lowest BCUT2D eigenvalue weighted by Crippen LogP contribution is -2.29. The van der Waals surface area contributed by atoms with E-state index in [2.05, 4.69) is 17.1 Å². The number of unbranched alkanes of at least 4 members (excludes halogenated alkanes) is 1. The van der Waals surface area contributed by atoms with Gasteiger partial charge < -0.3 is 10.1 Å². The van der Waals surface area contributed by atoms with E-state index in [9.17, 15) is 4.79 Å². The molecule has 0 bridgehead atoms. The van der Waals surface area contributed by atoms with E-state index in [0.717, 1.165) is 32.3 Å². The summed E-state index contributed by atoms with van der Waals surface area (Å²) in [5.41, 5.74) is 0. The highest BCUT2D eigenvalue weighted by Crippen LogP contribution is 1.95. The number of carbonyl (C=O) groups is 1. The molecule has 13 heavy (non-hydrogen) atoms. The van der Waals surface area contributed by atoms with Crippen molar-refractivity contribution in [2.75, 3.05) is 33.2 Å². The van der Waals surface area contributed by atoms with Crippen LogP contribution in [0.15, 0.2) is 0 Å². The Labute approximate surface area is 81.5 Å². The van der Waals surface area contributed by atoms with Gasteiger partial charge >= 0.3 is 0 Å². The second-order valence-electron chi connectivity index (χ2n) is 3.28. The van der Waals surface area contributed by atoms with Gasteiger partial charge in [-0.3, -0.25) is 4.90 Å². The van der Waals surface area contributed by atoms with Gasteiger partial charge in [0, 0.05) is 0 Å². The molecule has 0 aromatic heterocycles. The highest BCUT2D eigenvalue weighted by Gasteiger charge is 2.01. The molecule has 0 aliphatic carbocycles. The lowest BCUT2D eigenvalue weighted by atomic mass is 10.3. The third-order valence-corrected chi connectivity index (χ3v) is 2.06. The van der Waals surface area contributed by atoms with Gasteiger partial charge in [-0.15, -0.1) is 0 Å². The van der Waals surface area contributed by atoms with Crippen molar-refractivity contribution in [2.24, 2.45) is 0 Å². The van der Waals surface area contributed by atoms with Crippen LogP contribution in [0.2, 0.25) is 0 Å². The van der Waals surface area contributed by atoms with Crippen molar-refractivity contribution in [1.29, 1.82) is 0 Å². The fourth-order valence-electron chi connectivity index (χ4n) is 1.26. The first-order valence-electron chi connectivity index (χ1n) is 5.15. The molecule has 0 unspecified atom stereocenters. The van der Waals surface area contributed by atoms with Crippen LogP contribution in [0.4, 0.5) is 0 Å². The van der Waals surface area contributed by atoms with E-state index >= 15 is 0 Å². The maximum atomic E-state index is 10.4. The number of hydrogen-bond acceptors (Lipinski definition) is 3. The minimum absolute atomic E-state index is 0.587. The second kappa shape index (κ2) is 9.68. The monoisotopic (exact) mass is 186 g/mol. The molecule has 0 saturated carbocycles. The molecule has 0 fully saturated rings. The van der Waals surface area contributed by atoms with Crippen molar-refractivity contribution in [3.8, 4) is 0 Å². The summed E-state index contributed by atoms with van der Waals surface area (Å²) >= 11 is 0. The van der Waals surface area contributed by atoms with Gasteiger partial charge in [-0.2, -0.15) is 0 Å². The zero-order valence-corrected chi connectivity index (χ0v) is 8.88. The number of aldehydes is 1. The molecule has 0 saturated heterocycles. The van der Waals surface area contributed by atoms with Crippen LogP contribution in [-0.2, 0) is 4.79 Å². The van der Waals surface area contributed by atoms with Gasteiger partial charge in [-0.25, -0.2) is 0 Å². The Morgan fingerprint density at radius 1 is 1.31 bits per heavy atom. The predicted molar refractivity (Wildman–Crippen MR) is 56.0 cm³/mol. The Morgan fingerprint density at radius 2 is 2.00 bits per heavy atom. The van der Waals surface area contributed by atoms with Crippen LogP contribution in [-0.4, -0.2) is 44.4 Å². The van der Waals surface area contributed by atoms with E-state index in [4.69, 9.17) is 0 Å². The van der Waals surface area contributed by atoms with E-state index < -0.39 is 0 Å². The Bertz CT molecular complexity index is 117. The topological polar surface area (TPSA) is 32.3 Å². The number of rotatable bonds is 9.